The fraction of sp³-hybridized carbons (Fsp3) is 0.571. The molecule has 0 radical (unpaired) electrons. The number of piperidine rings is 1. The van der Waals surface area contributed by atoms with Gasteiger partial charge in [0.1, 0.15) is 6.54 Å². The Bertz CT molecular complexity index is 628. The van der Waals surface area contributed by atoms with Crippen molar-refractivity contribution in [2.75, 3.05) is 13.1 Å². The van der Waals surface area contributed by atoms with Gasteiger partial charge in [-0.3, -0.25) is 24.3 Å². The summed E-state index contributed by atoms with van der Waals surface area (Å²) in [6.07, 6.45) is 2.84. The minimum Gasteiger partial charge on any atom is -0.337 e. The van der Waals surface area contributed by atoms with Crippen LogP contribution in [-0.2, 0) is 11.3 Å². The average Bonchev–Trinajstić information content (AvgIpc) is 2.48. The van der Waals surface area contributed by atoms with Gasteiger partial charge in [-0.05, 0) is 18.8 Å². The van der Waals surface area contributed by atoms with E-state index in [1.807, 2.05) is 0 Å². The molecule has 22 heavy (non-hydrogen) atoms. The largest absolute Gasteiger partial charge is 0.337 e. The lowest BCUT2D eigenvalue weighted by Crippen LogP contribution is -2.50. The third-order valence-electron chi connectivity index (χ3n) is 4.05. The van der Waals surface area contributed by atoms with E-state index in [0.717, 1.165) is 35.7 Å². The Labute approximate surface area is 127 Å². The van der Waals surface area contributed by atoms with Crippen LogP contribution >= 0.6 is 0 Å². The first kappa shape index (κ1) is 16.2. The number of nitro groups is 1. The third-order valence-corrected chi connectivity index (χ3v) is 4.05. The van der Waals surface area contributed by atoms with Crippen molar-refractivity contribution in [3.05, 3.63) is 38.8 Å². The highest BCUT2D eigenvalue weighted by molar-refractivity contribution is 5.76. The van der Waals surface area contributed by atoms with E-state index < -0.39 is 10.5 Å². The number of aromatic nitrogens is 1. The van der Waals surface area contributed by atoms with E-state index in [1.165, 1.54) is 0 Å². The van der Waals surface area contributed by atoms with Crippen LogP contribution in [0.4, 0.5) is 5.69 Å². The lowest BCUT2D eigenvalue weighted by Gasteiger charge is -2.38. The predicted molar refractivity (Wildman–Crippen MR) is 80.3 cm³/mol. The molecule has 0 aromatic carbocycles. The molecule has 1 aromatic heterocycles. The number of carbonyl (C=O) groups excluding carboxylic acids is 1. The van der Waals surface area contributed by atoms with Crippen molar-refractivity contribution >= 4 is 11.6 Å². The maximum absolute atomic E-state index is 12.4. The topological polar surface area (TPSA) is 111 Å². The summed E-state index contributed by atoms with van der Waals surface area (Å²) in [6.45, 7) is 2.90. The van der Waals surface area contributed by atoms with Crippen molar-refractivity contribution in [2.24, 2.45) is 11.7 Å². The maximum atomic E-state index is 12.4. The van der Waals surface area contributed by atoms with E-state index in [-0.39, 0.29) is 24.2 Å². The Hall–Kier alpha value is -2.22. The highest BCUT2D eigenvalue weighted by atomic mass is 16.6. The van der Waals surface area contributed by atoms with E-state index in [1.54, 1.807) is 4.90 Å². The Morgan fingerprint density at radius 2 is 2.23 bits per heavy atom. The van der Waals surface area contributed by atoms with E-state index in [0.29, 0.717) is 19.0 Å². The Morgan fingerprint density at radius 3 is 2.86 bits per heavy atom. The van der Waals surface area contributed by atoms with Crippen LogP contribution in [0, 0.1) is 16.0 Å². The monoisotopic (exact) mass is 308 g/mol. The zero-order valence-corrected chi connectivity index (χ0v) is 12.5. The molecule has 0 spiro atoms. The van der Waals surface area contributed by atoms with Crippen LogP contribution in [0.15, 0.2) is 23.1 Å². The summed E-state index contributed by atoms with van der Waals surface area (Å²) in [5, 5.41) is 10.8. The van der Waals surface area contributed by atoms with Crippen LogP contribution in [0.5, 0.6) is 0 Å². The lowest BCUT2D eigenvalue weighted by atomic mass is 9.92. The second-order valence-electron chi connectivity index (χ2n) is 5.72. The van der Waals surface area contributed by atoms with Crippen molar-refractivity contribution in [2.45, 2.75) is 32.4 Å². The normalized spacial score (nSPS) is 21.6. The molecule has 1 aliphatic heterocycles. The Balaban J connectivity index is 2.16. The number of nitrogens with zero attached hydrogens (tertiary/aromatic N) is 3. The van der Waals surface area contributed by atoms with Gasteiger partial charge in [-0.15, -0.1) is 0 Å². The smallest absolute Gasteiger partial charge is 0.285 e. The predicted octanol–water partition coefficient (Wildman–Crippen LogP) is 0.342. The molecule has 2 rings (SSSR count). The number of hydrogen-bond donors (Lipinski definition) is 1. The lowest BCUT2D eigenvalue weighted by molar-refractivity contribution is -0.385. The molecule has 1 amide bonds. The van der Waals surface area contributed by atoms with Crippen molar-refractivity contribution in [1.29, 1.82) is 0 Å². The van der Waals surface area contributed by atoms with Gasteiger partial charge in [0.05, 0.1) is 11.1 Å². The zero-order valence-electron chi connectivity index (χ0n) is 12.5. The number of carbonyl (C=O) groups is 1. The minimum atomic E-state index is -0.592. The molecule has 0 aliphatic carbocycles. The Morgan fingerprint density at radius 1 is 1.50 bits per heavy atom. The van der Waals surface area contributed by atoms with Crippen LogP contribution in [-0.4, -0.2) is 39.4 Å². The second-order valence-corrected chi connectivity index (χ2v) is 5.72. The first-order valence-corrected chi connectivity index (χ1v) is 7.26. The molecular formula is C14H20N4O4. The molecule has 8 heteroatoms. The van der Waals surface area contributed by atoms with E-state index in [9.17, 15) is 19.7 Å². The van der Waals surface area contributed by atoms with Crippen LogP contribution in [0.1, 0.15) is 19.8 Å². The summed E-state index contributed by atoms with van der Waals surface area (Å²) in [5.74, 6) is 0.281. The van der Waals surface area contributed by atoms with Gasteiger partial charge in [-0.25, -0.2) is 0 Å². The molecule has 1 saturated heterocycles. The SMILES string of the molecule is CC1CCN(C(=O)Cn2cc([N+](=O)[O-])ccc2=O)C(CN)C1. The molecule has 2 unspecified atom stereocenters. The van der Waals surface area contributed by atoms with E-state index >= 15 is 0 Å². The highest BCUT2D eigenvalue weighted by Gasteiger charge is 2.29. The number of rotatable bonds is 4. The number of hydrogen-bond acceptors (Lipinski definition) is 5. The number of likely N-dealkylation sites (tertiary alicyclic amines) is 1. The molecule has 2 heterocycles. The Kier molecular flexibility index (Phi) is 4.92. The number of amides is 1. The van der Waals surface area contributed by atoms with Crippen molar-refractivity contribution in [3.8, 4) is 0 Å². The van der Waals surface area contributed by atoms with Gasteiger partial charge >= 0.3 is 0 Å². The molecule has 120 valence electrons. The summed E-state index contributed by atoms with van der Waals surface area (Å²) in [7, 11) is 0. The van der Waals surface area contributed by atoms with Gasteiger partial charge in [-0.2, -0.15) is 0 Å². The van der Waals surface area contributed by atoms with Crippen molar-refractivity contribution in [1.82, 2.24) is 9.47 Å². The van der Waals surface area contributed by atoms with E-state index in [4.69, 9.17) is 5.73 Å². The zero-order chi connectivity index (χ0) is 16.3. The fourth-order valence-corrected chi connectivity index (χ4v) is 2.79. The molecule has 8 nitrogen and oxygen atoms in total. The summed E-state index contributed by atoms with van der Waals surface area (Å²) < 4.78 is 1.08. The summed E-state index contributed by atoms with van der Waals surface area (Å²) >= 11 is 0. The summed E-state index contributed by atoms with van der Waals surface area (Å²) in [4.78, 5) is 36.0. The highest BCUT2D eigenvalue weighted by Crippen LogP contribution is 2.22. The molecular weight excluding hydrogens is 288 g/mol. The van der Waals surface area contributed by atoms with Gasteiger partial charge in [0.25, 0.3) is 11.2 Å². The first-order chi connectivity index (χ1) is 10.4. The van der Waals surface area contributed by atoms with E-state index in [2.05, 4.69) is 6.92 Å². The standard InChI is InChI=1S/C14H20N4O4/c1-10-4-5-17(12(6-10)7-15)14(20)9-16-8-11(18(21)22)2-3-13(16)19/h2-3,8,10,12H,4-7,9,15H2,1H3. The molecule has 0 bridgehead atoms. The quantitative estimate of drug-likeness (QED) is 0.637. The van der Waals surface area contributed by atoms with Gasteiger partial charge in [-0.1, -0.05) is 6.92 Å². The average molecular weight is 308 g/mol. The number of nitrogens with two attached hydrogens (primary N) is 1. The summed E-state index contributed by atoms with van der Waals surface area (Å²) in [5.41, 5.74) is 5.08. The maximum Gasteiger partial charge on any atom is 0.285 e. The first-order valence-electron chi connectivity index (χ1n) is 7.26. The van der Waals surface area contributed by atoms with Crippen molar-refractivity contribution < 1.29 is 9.72 Å². The third kappa shape index (κ3) is 3.51. The molecule has 2 N–H and O–H groups in total. The molecule has 0 saturated carbocycles. The number of pyridine rings is 1. The van der Waals surface area contributed by atoms with Gasteiger partial charge in [0, 0.05) is 31.3 Å². The van der Waals surface area contributed by atoms with Gasteiger partial charge in [0.2, 0.25) is 5.91 Å². The summed E-state index contributed by atoms with van der Waals surface area (Å²) in [6, 6.07) is 2.20. The fourth-order valence-electron chi connectivity index (χ4n) is 2.79. The van der Waals surface area contributed by atoms with Crippen LogP contribution in [0.3, 0.4) is 0 Å². The van der Waals surface area contributed by atoms with Crippen LogP contribution in [0.25, 0.3) is 0 Å². The van der Waals surface area contributed by atoms with Crippen molar-refractivity contribution in [3.63, 3.8) is 0 Å². The second kappa shape index (κ2) is 6.69. The molecule has 1 aliphatic rings. The van der Waals surface area contributed by atoms with Gasteiger partial charge in [0.15, 0.2) is 0 Å². The van der Waals surface area contributed by atoms with Crippen LogP contribution < -0.4 is 11.3 Å². The minimum absolute atomic E-state index is 0.0364. The molecule has 2 atom stereocenters. The van der Waals surface area contributed by atoms with Gasteiger partial charge < -0.3 is 10.6 Å². The van der Waals surface area contributed by atoms with Crippen LogP contribution in [0.2, 0.25) is 0 Å². The molecule has 1 fully saturated rings. The molecule has 1 aromatic rings.